The monoisotopic (exact) mass is 265 g/mol. The minimum absolute atomic E-state index is 0.00130. The number of Topliss-reactive ketones (excluding diaryl/α,β-unsaturated/α-hetero) is 1. The lowest BCUT2D eigenvalue weighted by molar-refractivity contribution is -0.125. The zero-order valence-electron chi connectivity index (χ0n) is 11.2. The van der Waals surface area contributed by atoms with E-state index in [9.17, 15) is 13.2 Å². The average molecular weight is 265 g/mol. The predicted molar refractivity (Wildman–Crippen MR) is 67.3 cm³/mol. The maximum Gasteiger partial charge on any atom is 0.214 e. The fourth-order valence-electron chi connectivity index (χ4n) is 0.906. The third-order valence-corrected chi connectivity index (χ3v) is 3.38. The number of rotatable bonds is 7. The van der Waals surface area contributed by atoms with Crippen molar-refractivity contribution >= 4 is 15.8 Å². The van der Waals surface area contributed by atoms with Gasteiger partial charge in [0, 0.05) is 5.41 Å². The van der Waals surface area contributed by atoms with Gasteiger partial charge in [-0.3, -0.25) is 4.79 Å². The minimum atomic E-state index is -3.43. The van der Waals surface area contributed by atoms with Crippen molar-refractivity contribution in [3.8, 4) is 0 Å². The molecule has 0 bridgehead atoms. The molecule has 0 unspecified atom stereocenters. The van der Waals surface area contributed by atoms with Crippen LogP contribution in [0.25, 0.3) is 0 Å². The molecule has 5 nitrogen and oxygen atoms in total. The van der Waals surface area contributed by atoms with Crippen LogP contribution in [0.15, 0.2) is 0 Å². The average Bonchev–Trinajstić information content (AvgIpc) is 2.11. The molecule has 0 fully saturated rings. The van der Waals surface area contributed by atoms with Gasteiger partial charge in [-0.25, -0.2) is 13.1 Å². The second kappa shape index (κ2) is 6.47. The standard InChI is InChI=1S/C11H23NO4S/c1-9(2)16-6-7-17(14,15)12-8-10(13)11(3,4)5/h9,12H,6-8H2,1-5H3. The lowest BCUT2D eigenvalue weighted by Gasteiger charge is -2.16. The molecule has 0 aliphatic carbocycles. The van der Waals surface area contributed by atoms with E-state index in [0.29, 0.717) is 0 Å². The molecular formula is C11H23NO4S. The Labute approximate surface area is 104 Å². The summed E-state index contributed by atoms with van der Waals surface area (Å²) in [6.07, 6.45) is 0.00130. The lowest BCUT2D eigenvalue weighted by Crippen LogP contribution is -2.37. The smallest absolute Gasteiger partial charge is 0.214 e. The van der Waals surface area contributed by atoms with Gasteiger partial charge in [0.1, 0.15) is 0 Å². The topological polar surface area (TPSA) is 72.5 Å². The number of sulfonamides is 1. The first-order chi connectivity index (χ1) is 7.54. The van der Waals surface area contributed by atoms with Crippen LogP contribution in [-0.4, -0.2) is 39.2 Å². The Bertz CT molecular complexity index is 341. The fourth-order valence-corrected chi connectivity index (χ4v) is 1.72. The normalized spacial score (nSPS) is 13.1. The van der Waals surface area contributed by atoms with Gasteiger partial charge in [0.25, 0.3) is 0 Å². The quantitative estimate of drug-likeness (QED) is 0.743. The second-order valence-corrected chi connectivity index (χ2v) is 7.16. The van der Waals surface area contributed by atoms with Crippen LogP contribution in [0, 0.1) is 5.41 Å². The predicted octanol–water partition coefficient (Wildman–Crippen LogP) is 0.946. The van der Waals surface area contributed by atoms with E-state index in [1.54, 1.807) is 20.8 Å². The van der Waals surface area contributed by atoms with Gasteiger partial charge in [0.15, 0.2) is 5.78 Å². The summed E-state index contributed by atoms with van der Waals surface area (Å²) in [7, 11) is -3.43. The summed E-state index contributed by atoms with van der Waals surface area (Å²) in [5, 5.41) is 0. The van der Waals surface area contributed by atoms with Crippen molar-refractivity contribution in [1.29, 1.82) is 0 Å². The Morgan fingerprint density at radius 3 is 2.24 bits per heavy atom. The molecule has 6 heteroatoms. The van der Waals surface area contributed by atoms with Gasteiger partial charge in [-0.1, -0.05) is 20.8 Å². The van der Waals surface area contributed by atoms with Gasteiger partial charge in [-0.2, -0.15) is 0 Å². The lowest BCUT2D eigenvalue weighted by atomic mass is 9.91. The van der Waals surface area contributed by atoms with Crippen molar-refractivity contribution in [3.05, 3.63) is 0 Å². The van der Waals surface area contributed by atoms with Gasteiger partial charge in [0.2, 0.25) is 10.0 Å². The summed E-state index contributed by atoms with van der Waals surface area (Å²) in [5.41, 5.74) is -0.531. The highest BCUT2D eigenvalue weighted by Crippen LogP contribution is 2.13. The zero-order chi connectivity index (χ0) is 13.7. The van der Waals surface area contributed by atoms with Gasteiger partial charge in [-0.05, 0) is 13.8 Å². The van der Waals surface area contributed by atoms with E-state index in [4.69, 9.17) is 4.74 Å². The van der Waals surface area contributed by atoms with E-state index in [1.807, 2.05) is 13.8 Å². The number of carbonyl (C=O) groups is 1. The van der Waals surface area contributed by atoms with Crippen molar-refractivity contribution in [2.24, 2.45) is 5.41 Å². The number of ketones is 1. The molecule has 1 N–H and O–H groups in total. The molecule has 102 valence electrons. The zero-order valence-corrected chi connectivity index (χ0v) is 12.1. The first-order valence-corrected chi connectivity index (χ1v) is 7.32. The molecule has 0 aromatic heterocycles. The molecule has 0 radical (unpaired) electrons. The van der Waals surface area contributed by atoms with Crippen LogP contribution >= 0.6 is 0 Å². The summed E-state index contributed by atoms with van der Waals surface area (Å²) in [6, 6.07) is 0. The van der Waals surface area contributed by atoms with Crippen molar-refractivity contribution < 1.29 is 17.9 Å². The Balaban J connectivity index is 4.07. The van der Waals surface area contributed by atoms with Crippen LogP contribution in [-0.2, 0) is 19.6 Å². The van der Waals surface area contributed by atoms with Gasteiger partial charge in [0.05, 0.1) is 25.0 Å². The van der Waals surface area contributed by atoms with Crippen molar-refractivity contribution in [2.75, 3.05) is 18.9 Å². The molecule has 0 saturated heterocycles. The Morgan fingerprint density at radius 2 is 1.82 bits per heavy atom. The fraction of sp³-hybridized carbons (Fsp3) is 0.909. The number of ether oxygens (including phenoxy) is 1. The third kappa shape index (κ3) is 8.29. The number of hydrogen-bond donors (Lipinski definition) is 1. The summed E-state index contributed by atoms with van der Waals surface area (Å²) in [6.45, 7) is 8.92. The van der Waals surface area contributed by atoms with Gasteiger partial charge in [-0.15, -0.1) is 0 Å². The number of carbonyl (C=O) groups excluding carboxylic acids is 1. The molecule has 0 aliphatic heterocycles. The van der Waals surface area contributed by atoms with Crippen LogP contribution < -0.4 is 4.72 Å². The van der Waals surface area contributed by atoms with E-state index in [-0.39, 0.29) is 30.8 Å². The molecule has 0 aromatic carbocycles. The number of nitrogens with one attached hydrogen (secondary N) is 1. The van der Waals surface area contributed by atoms with Crippen LogP contribution in [0.1, 0.15) is 34.6 Å². The Hall–Kier alpha value is -0.460. The molecule has 0 saturated carbocycles. The maximum absolute atomic E-state index is 11.5. The van der Waals surface area contributed by atoms with E-state index < -0.39 is 15.4 Å². The molecule has 0 aromatic rings. The molecule has 0 rings (SSSR count). The Kier molecular flexibility index (Phi) is 6.29. The number of hydrogen-bond acceptors (Lipinski definition) is 4. The summed E-state index contributed by atoms with van der Waals surface area (Å²) in [5.74, 6) is -0.256. The second-order valence-electron chi connectivity index (χ2n) is 5.23. The summed E-state index contributed by atoms with van der Waals surface area (Å²) in [4.78, 5) is 11.5. The highest BCUT2D eigenvalue weighted by atomic mass is 32.2. The van der Waals surface area contributed by atoms with Crippen LogP contribution in [0.2, 0.25) is 0 Å². The molecule has 0 aliphatic rings. The third-order valence-electron chi connectivity index (χ3n) is 2.09. The molecule has 0 spiro atoms. The molecule has 0 amide bonds. The molecule has 0 heterocycles. The van der Waals surface area contributed by atoms with E-state index in [0.717, 1.165) is 0 Å². The van der Waals surface area contributed by atoms with Crippen molar-refractivity contribution in [1.82, 2.24) is 4.72 Å². The van der Waals surface area contributed by atoms with Gasteiger partial charge >= 0.3 is 0 Å². The molecule has 17 heavy (non-hydrogen) atoms. The first-order valence-electron chi connectivity index (χ1n) is 5.67. The Morgan fingerprint density at radius 1 is 1.29 bits per heavy atom. The SMILES string of the molecule is CC(C)OCCS(=O)(=O)NCC(=O)C(C)(C)C. The summed E-state index contributed by atoms with van der Waals surface area (Å²) < 4.78 is 30.4. The van der Waals surface area contributed by atoms with Crippen molar-refractivity contribution in [3.63, 3.8) is 0 Å². The molecular weight excluding hydrogens is 242 g/mol. The van der Waals surface area contributed by atoms with Crippen LogP contribution in [0.3, 0.4) is 0 Å². The summed E-state index contributed by atoms with van der Waals surface area (Å²) >= 11 is 0. The highest BCUT2D eigenvalue weighted by Gasteiger charge is 2.22. The van der Waals surface area contributed by atoms with Gasteiger partial charge < -0.3 is 4.74 Å². The largest absolute Gasteiger partial charge is 0.378 e. The minimum Gasteiger partial charge on any atom is -0.378 e. The van der Waals surface area contributed by atoms with E-state index in [1.165, 1.54) is 0 Å². The maximum atomic E-state index is 11.5. The van der Waals surface area contributed by atoms with Crippen molar-refractivity contribution in [2.45, 2.75) is 40.7 Å². The highest BCUT2D eigenvalue weighted by molar-refractivity contribution is 7.89. The molecule has 0 atom stereocenters. The van der Waals surface area contributed by atoms with E-state index >= 15 is 0 Å². The first kappa shape index (κ1) is 16.5. The van der Waals surface area contributed by atoms with Crippen LogP contribution in [0.5, 0.6) is 0 Å². The van der Waals surface area contributed by atoms with Crippen LogP contribution in [0.4, 0.5) is 0 Å². The van der Waals surface area contributed by atoms with E-state index in [2.05, 4.69) is 4.72 Å².